The minimum Gasteiger partial charge on any atom is -0.491 e. The number of nitrogen functional groups attached to an aromatic ring is 2. The van der Waals surface area contributed by atoms with Gasteiger partial charge in [-0.25, -0.2) is 9.97 Å². The average Bonchev–Trinajstić information content (AvgIpc) is 3.22. The average molecular weight is 464 g/mol. The first-order chi connectivity index (χ1) is 15.4. The molecule has 0 saturated carbocycles. The summed E-state index contributed by atoms with van der Waals surface area (Å²) >= 11 is 5.81. The number of guanidine groups is 1. The molecule has 12 heteroatoms. The van der Waals surface area contributed by atoms with Crippen LogP contribution in [0.15, 0.2) is 29.3 Å². The van der Waals surface area contributed by atoms with Crippen LogP contribution in [0, 0.1) is 0 Å². The van der Waals surface area contributed by atoms with Crippen molar-refractivity contribution >= 4 is 35.1 Å². The van der Waals surface area contributed by atoms with Gasteiger partial charge in [0.25, 0.3) is 5.91 Å². The van der Waals surface area contributed by atoms with E-state index in [9.17, 15) is 9.90 Å². The van der Waals surface area contributed by atoms with Crippen molar-refractivity contribution in [1.82, 2.24) is 20.6 Å². The van der Waals surface area contributed by atoms with E-state index < -0.39 is 12.0 Å². The number of aliphatic hydroxyl groups excluding tert-OH is 2. The predicted octanol–water partition coefficient (Wildman–Crippen LogP) is 0.107. The van der Waals surface area contributed by atoms with Gasteiger partial charge in [-0.3, -0.25) is 15.1 Å². The number of amides is 1. The number of ether oxygens (including phenoxy) is 1. The molecule has 2 heterocycles. The Balaban J connectivity index is 1.40. The van der Waals surface area contributed by atoms with E-state index in [1.54, 1.807) is 0 Å². The molecule has 0 bridgehead atoms. The van der Waals surface area contributed by atoms with E-state index in [0.717, 1.165) is 24.8 Å². The second kappa shape index (κ2) is 10.9. The highest BCUT2D eigenvalue weighted by Gasteiger charge is 2.22. The molecule has 0 saturated heterocycles. The van der Waals surface area contributed by atoms with Crippen LogP contribution < -0.4 is 26.8 Å². The Morgan fingerprint density at radius 2 is 2.03 bits per heavy atom. The van der Waals surface area contributed by atoms with Gasteiger partial charge >= 0.3 is 0 Å². The Kier molecular flexibility index (Phi) is 8.03. The number of carbonyl (C=O) groups excluding carboxylic acids is 1. The van der Waals surface area contributed by atoms with Gasteiger partial charge in [0, 0.05) is 6.04 Å². The zero-order chi connectivity index (χ0) is 23.1. The summed E-state index contributed by atoms with van der Waals surface area (Å²) in [6.07, 6.45) is 1.76. The lowest BCUT2D eigenvalue weighted by Crippen LogP contribution is -2.42. The van der Waals surface area contributed by atoms with E-state index in [1.165, 1.54) is 0 Å². The number of hydrogen-bond acceptors (Lipinski definition) is 10. The van der Waals surface area contributed by atoms with Crippen molar-refractivity contribution in [2.24, 2.45) is 4.99 Å². The summed E-state index contributed by atoms with van der Waals surface area (Å²) in [6, 6.07) is 7.71. The molecule has 1 amide bonds. The summed E-state index contributed by atoms with van der Waals surface area (Å²) in [5, 5.41) is 23.8. The molecule has 0 aliphatic carbocycles. The van der Waals surface area contributed by atoms with Crippen LogP contribution >= 0.6 is 11.6 Å². The maximum Gasteiger partial charge on any atom is 0.280 e. The molecule has 0 fully saturated rings. The van der Waals surface area contributed by atoms with Gasteiger partial charge < -0.3 is 31.7 Å². The number of carbonyl (C=O) groups is 1. The number of aromatic nitrogens is 2. The van der Waals surface area contributed by atoms with E-state index in [1.807, 2.05) is 24.3 Å². The largest absolute Gasteiger partial charge is 0.491 e. The second-order valence-corrected chi connectivity index (χ2v) is 7.66. The van der Waals surface area contributed by atoms with Crippen LogP contribution in [-0.4, -0.2) is 64.0 Å². The van der Waals surface area contributed by atoms with Crippen LogP contribution in [0.4, 0.5) is 11.6 Å². The Labute approximate surface area is 189 Å². The van der Waals surface area contributed by atoms with Crippen molar-refractivity contribution in [1.29, 1.82) is 0 Å². The summed E-state index contributed by atoms with van der Waals surface area (Å²) in [6.45, 7) is 0.256. The molecule has 1 aromatic carbocycles. The number of aryl methyl sites for hydroxylation is 1. The van der Waals surface area contributed by atoms with Gasteiger partial charge in [0.1, 0.15) is 18.5 Å². The van der Waals surface area contributed by atoms with E-state index in [2.05, 4.69) is 25.6 Å². The summed E-state index contributed by atoms with van der Waals surface area (Å²) in [4.78, 5) is 24.3. The number of rotatable bonds is 9. The lowest BCUT2D eigenvalue weighted by Gasteiger charge is -2.13. The monoisotopic (exact) mass is 463 g/mol. The molecule has 172 valence electrons. The van der Waals surface area contributed by atoms with Crippen LogP contribution in [-0.2, 0) is 6.42 Å². The zero-order valence-electron chi connectivity index (χ0n) is 17.3. The highest BCUT2D eigenvalue weighted by atomic mass is 35.5. The smallest absolute Gasteiger partial charge is 0.280 e. The van der Waals surface area contributed by atoms with E-state index in [-0.39, 0.29) is 41.7 Å². The Morgan fingerprint density at radius 3 is 2.75 bits per heavy atom. The molecule has 1 aliphatic heterocycles. The third kappa shape index (κ3) is 6.42. The zero-order valence-corrected chi connectivity index (χ0v) is 18.0. The SMILES string of the molecule is Nc1nc(N)c(C(=O)NC2=NCC(CCCc3ccc(OC[C@@H](O)CO)cc3)N2)nc1Cl. The van der Waals surface area contributed by atoms with Crippen molar-refractivity contribution in [3.63, 3.8) is 0 Å². The molecule has 2 aromatic rings. The standard InChI is InChI=1S/C20H26ClN7O4/c21-16-18(23)27-17(22)15(26-16)19(31)28-20-24-8-12(25-20)3-1-2-11-4-6-14(7-5-11)32-10-13(30)9-29/h4-7,12-13,29-30H,1-3,8-10H2,(H4,22,23,27)(H2,24,25,28,31)/t12?,13-/m0/s1. The molecule has 0 spiro atoms. The van der Waals surface area contributed by atoms with Crippen molar-refractivity contribution in [3.05, 3.63) is 40.7 Å². The topological polar surface area (TPSA) is 181 Å². The molecule has 0 radical (unpaired) electrons. The van der Waals surface area contributed by atoms with E-state index in [4.69, 9.17) is 32.9 Å². The number of nitrogens with two attached hydrogens (primary N) is 2. The number of aliphatic imine (C=N–C) groups is 1. The molecule has 3 rings (SSSR count). The number of anilines is 2. The molecular formula is C20H26ClN7O4. The summed E-state index contributed by atoms with van der Waals surface area (Å²) in [7, 11) is 0. The molecule has 32 heavy (non-hydrogen) atoms. The van der Waals surface area contributed by atoms with Gasteiger partial charge in [-0.15, -0.1) is 0 Å². The molecule has 8 N–H and O–H groups in total. The van der Waals surface area contributed by atoms with Crippen LogP contribution in [0.25, 0.3) is 0 Å². The normalized spacial score (nSPS) is 16.2. The fraction of sp³-hybridized carbons (Fsp3) is 0.400. The quantitative estimate of drug-likeness (QED) is 0.300. The van der Waals surface area contributed by atoms with Crippen molar-refractivity contribution < 1.29 is 19.7 Å². The number of nitrogens with zero attached hydrogens (tertiary/aromatic N) is 3. The van der Waals surface area contributed by atoms with Gasteiger partial charge in [0.05, 0.1) is 13.2 Å². The Bertz CT molecular complexity index is 971. The highest BCUT2D eigenvalue weighted by molar-refractivity contribution is 6.31. The molecule has 1 unspecified atom stereocenters. The first-order valence-corrected chi connectivity index (χ1v) is 10.4. The van der Waals surface area contributed by atoms with Gasteiger partial charge in [-0.1, -0.05) is 23.7 Å². The second-order valence-electron chi connectivity index (χ2n) is 7.30. The Hall–Kier alpha value is -3.15. The van der Waals surface area contributed by atoms with Gasteiger partial charge in [-0.2, -0.15) is 0 Å². The predicted molar refractivity (Wildman–Crippen MR) is 121 cm³/mol. The van der Waals surface area contributed by atoms with Crippen molar-refractivity contribution in [2.45, 2.75) is 31.4 Å². The van der Waals surface area contributed by atoms with Gasteiger partial charge in [-0.05, 0) is 37.0 Å². The third-order valence-corrected chi connectivity index (χ3v) is 5.04. The Morgan fingerprint density at radius 1 is 1.28 bits per heavy atom. The number of aliphatic hydroxyl groups is 2. The number of nitrogens with one attached hydrogen (secondary N) is 2. The molecule has 1 aliphatic rings. The van der Waals surface area contributed by atoms with Crippen LogP contribution in [0.3, 0.4) is 0 Å². The molecular weight excluding hydrogens is 438 g/mol. The van der Waals surface area contributed by atoms with Crippen LogP contribution in [0.5, 0.6) is 5.75 Å². The summed E-state index contributed by atoms with van der Waals surface area (Å²) in [5.74, 6) is 0.263. The maximum atomic E-state index is 12.4. The number of halogens is 1. The fourth-order valence-corrected chi connectivity index (χ4v) is 3.18. The van der Waals surface area contributed by atoms with E-state index >= 15 is 0 Å². The minimum absolute atomic E-state index is 0.0419. The maximum absolute atomic E-state index is 12.4. The van der Waals surface area contributed by atoms with Crippen molar-refractivity contribution in [3.8, 4) is 5.75 Å². The summed E-state index contributed by atoms with van der Waals surface area (Å²) < 4.78 is 5.40. The minimum atomic E-state index is -0.889. The molecule has 11 nitrogen and oxygen atoms in total. The first-order valence-electron chi connectivity index (χ1n) is 10.1. The number of benzene rings is 1. The lowest BCUT2D eigenvalue weighted by molar-refractivity contribution is 0.0536. The fourth-order valence-electron chi connectivity index (χ4n) is 3.05. The van der Waals surface area contributed by atoms with E-state index in [0.29, 0.717) is 18.3 Å². The van der Waals surface area contributed by atoms with Crippen LogP contribution in [0.2, 0.25) is 5.15 Å². The number of hydrogen-bond donors (Lipinski definition) is 6. The molecule has 1 aromatic heterocycles. The van der Waals surface area contributed by atoms with Gasteiger partial charge in [0.2, 0.25) is 0 Å². The van der Waals surface area contributed by atoms with Crippen molar-refractivity contribution in [2.75, 3.05) is 31.2 Å². The van der Waals surface area contributed by atoms with Crippen LogP contribution in [0.1, 0.15) is 28.9 Å². The summed E-state index contributed by atoms with van der Waals surface area (Å²) in [5.41, 5.74) is 12.3. The highest BCUT2D eigenvalue weighted by Crippen LogP contribution is 2.18. The lowest BCUT2D eigenvalue weighted by atomic mass is 10.0. The molecule has 2 atom stereocenters. The van der Waals surface area contributed by atoms with Gasteiger partial charge in [0.15, 0.2) is 28.4 Å². The third-order valence-electron chi connectivity index (χ3n) is 4.76. The first kappa shape index (κ1) is 23.5.